The zero-order valence-electron chi connectivity index (χ0n) is 16.8. The van der Waals surface area contributed by atoms with E-state index in [1.54, 1.807) is 30.3 Å². The van der Waals surface area contributed by atoms with Gasteiger partial charge in [0.25, 0.3) is 11.7 Å². The Kier molecular flexibility index (Phi) is 5.36. The summed E-state index contributed by atoms with van der Waals surface area (Å²) in [6, 6.07) is 15.0. The quantitative estimate of drug-likeness (QED) is 0.525. The fourth-order valence-electron chi connectivity index (χ4n) is 3.52. The van der Waals surface area contributed by atoms with Gasteiger partial charge in [0.2, 0.25) is 0 Å². The number of hydrogen-bond acceptors (Lipinski definition) is 3. The first kappa shape index (κ1) is 19.4. The standard InChI is InChI=1S/C23H24N2O3/c1-14-10-15(2)12-18(11-14)25-16(3)13-19(17(25)4)22(26)23(27)24-20-8-6-7-9-21(20)28-5/h6-13H,1-5H3,(H,24,27). The highest BCUT2D eigenvalue weighted by molar-refractivity contribution is 6.47. The van der Waals surface area contributed by atoms with E-state index in [1.807, 2.05) is 32.3 Å². The number of para-hydroxylation sites is 2. The molecule has 0 radical (unpaired) electrons. The Hall–Kier alpha value is -3.34. The highest BCUT2D eigenvalue weighted by atomic mass is 16.5. The molecule has 0 aliphatic heterocycles. The molecule has 1 aromatic heterocycles. The van der Waals surface area contributed by atoms with Crippen LogP contribution in [0.4, 0.5) is 5.69 Å². The number of aromatic nitrogens is 1. The number of ketones is 1. The molecule has 0 aliphatic rings. The molecule has 1 heterocycles. The number of Topliss-reactive ketones (excluding diaryl/α,β-unsaturated/α-hetero) is 1. The van der Waals surface area contributed by atoms with Crippen LogP contribution < -0.4 is 10.1 Å². The van der Waals surface area contributed by atoms with E-state index < -0.39 is 11.7 Å². The number of methoxy groups -OCH3 is 1. The van der Waals surface area contributed by atoms with Crippen LogP contribution in [0.15, 0.2) is 48.5 Å². The maximum atomic E-state index is 12.8. The number of nitrogens with zero attached hydrogens (tertiary/aromatic N) is 1. The monoisotopic (exact) mass is 376 g/mol. The van der Waals surface area contributed by atoms with Gasteiger partial charge < -0.3 is 14.6 Å². The van der Waals surface area contributed by atoms with E-state index in [1.165, 1.54) is 7.11 Å². The summed E-state index contributed by atoms with van der Waals surface area (Å²) in [4.78, 5) is 25.4. The van der Waals surface area contributed by atoms with Crippen molar-refractivity contribution >= 4 is 17.4 Å². The second-order valence-electron chi connectivity index (χ2n) is 6.95. The number of hydrogen-bond donors (Lipinski definition) is 1. The van der Waals surface area contributed by atoms with Crippen molar-refractivity contribution in [2.45, 2.75) is 27.7 Å². The first-order valence-corrected chi connectivity index (χ1v) is 9.08. The van der Waals surface area contributed by atoms with Crippen molar-refractivity contribution in [2.75, 3.05) is 12.4 Å². The summed E-state index contributed by atoms with van der Waals surface area (Å²) in [5.74, 6) is -0.760. The Labute approximate surface area is 165 Å². The van der Waals surface area contributed by atoms with E-state index in [0.29, 0.717) is 17.0 Å². The van der Waals surface area contributed by atoms with Crippen molar-refractivity contribution in [3.8, 4) is 11.4 Å². The third kappa shape index (κ3) is 3.69. The molecule has 5 nitrogen and oxygen atoms in total. The first-order valence-electron chi connectivity index (χ1n) is 9.08. The molecule has 0 bridgehead atoms. The number of carbonyl (C=O) groups is 2. The summed E-state index contributed by atoms with van der Waals surface area (Å²) < 4.78 is 7.23. The third-order valence-corrected chi connectivity index (χ3v) is 4.70. The summed E-state index contributed by atoms with van der Waals surface area (Å²) in [6.07, 6.45) is 0. The molecule has 1 amide bonds. The smallest absolute Gasteiger partial charge is 0.296 e. The second kappa shape index (κ2) is 7.72. The minimum atomic E-state index is -0.690. The molecule has 3 rings (SSSR count). The van der Waals surface area contributed by atoms with Gasteiger partial charge in [0, 0.05) is 22.6 Å². The molecule has 0 spiro atoms. The number of aryl methyl sites for hydroxylation is 3. The van der Waals surface area contributed by atoms with Crippen molar-refractivity contribution in [2.24, 2.45) is 0 Å². The van der Waals surface area contributed by atoms with Gasteiger partial charge in [0.15, 0.2) is 0 Å². The molecule has 0 atom stereocenters. The molecule has 144 valence electrons. The summed E-state index contributed by atoms with van der Waals surface area (Å²) in [5, 5.41) is 2.65. The first-order chi connectivity index (χ1) is 13.3. The maximum absolute atomic E-state index is 12.8. The van der Waals surface area contributed by atoms with Crippen LogP contribution in [0.2, 0.25) is 0 Å². The molecule has 0 fully saturated rings. The fraction of sp³-hybridized carbons (Fsp3) is 0.217. The lowest BCUT2D eigenvalue weighted by molar-refractivity contribution is -0.112. The number of ether oxygens (including phenoxy) is 1. The predicted octanol–water partition coefficient (Wildman–Crippen LogP) is 4.54. The molecule has 3 aromatic rings. The van der Waals surface area contributed by atoms with Gasteiger partial charge in [-0.1, -0.05) is 18.2 Å². The molecule has 0 aliphatic carbocycles. The highest BCUT2D eigenvalue weighted by Gasteiger charge is 2.23. The Morgan fingerprint density at radius 1 is 0.929 bits per heavy atom. The Morgan fingerprint density at radius 3 is 2.21 bits per heavy atom. The molecule has 0 saturated heterocycles. The van der Waals surface area contributed by atoms with Gasteiger partial charge in [-0.05, 0) is 69.2 Å². The predicted molar refractivity (Wildman–Crippen MR) is 111 cm³/mol. The largest absolute Gasteiger partial charge is 0.495 e. The van der Waals surface area contributed by atoms with Crippen molar-refractivity contribution in [1.82, 2.24) is 4.57 Å². The van der Waals surface area contributed by atoms with Gasteiger partial charge in [-0.3, -0.25) is 9.59 Å². The van der Waals surface area contributed by atoms with Crippen LogP contribution in [0.1, 0.15) is 32.9 Å². The van der Waals surface area contributed by atoms with Crippen molar-refractivity contribution in [3.05, 3.63) is 76.6 Å². The van der Waals surface area contributed by atoms with Crippen LogP contribution in [-0.2, 0) is 4.79 Å². The summed E-state index contributed by atoms with van der Waals surface area (Å²) >= 11 is 0. The Morgan fingerprint density at radius 2 is 1.57 bits per heavy atom. The van der Waals surface area contributed by atoms with Crippen molar-refractivity contribution in [3.63, 3.8) is 0 Å². The lowest BCUT2D eigenvalue weighted by atomic mass is 10.1. The van der Waals surface area contributed by atoms with Gasteiger partial charge in [-0.2, -0.15) is 0 Å². The molecule has 0 saturated carbocycles. The van der Waals surface area contributed by atoms with Gasteiger partial charge in [-0.25, -0.2) is 0 Å². The van der Waals surface area contributed by atoms with Crippen LogP contribution in [0, 0.1) is 27.7 Å². The molecular weight excluding hydrogens is 352 g/mol. The van der Waals surface area contributed by atoms with Gasteiger partial charge >= 0.3 is 0 Å². The van der Waals surface area contributed by atoms with Crippen LogP contribution >= 0.6 is 0 Å². The average Bonchev–Trinajstić information content (AvgIpc) is 2.94. The number of rotatable bonds is 5. The van der Waals surface area contributed by atoms with E-state index in [2.05, 4.69) is 23.5 Å². The summed E-state index contributed by atoms with van der Waals surface area (Å²) in [5.41, 5.74) is 5.76. The fourth-order valence-corrected chi connectivity index (χ4v) is 3.52. The molecule has 1 N–H and O–H groups in total. The minimum absolute atomic E-state index is 0.393. The molecule has 28 heavy (non-hydrogen) atoms. The van der Waals surface area contributed by atoms with E-state index in [4.69, 9.17) is 4.74 Å². The molecule has 2 aromatic carbocycles. The SMILES string of the molecule is COc1ccccc1NC(=O)C(=O)c1cc(C)n(-c2cc(C)cc(C)c2)c1C. The number of carbonyl (C=O) groups excluding carboxylic acids is 2. The Bertz CT molecular complexity index is 1040. The normalized spacial score (nSPS) is 10.6. The number of anilines is 1. The van der Waals surface area contributed by atoms with Crippen LogP contribution in [0.25, 0.3) is 5.69 Å². The third-order valence-electron chi connectivity index (χ3n) is 4.70. The number of nitrogens with one attached hydrogen (secondary N) is 1. The van der Waals surface area contributed by atoms with Gasteiger partial charge in [0.1, 0.15) is 5.75 Å². The van der Waals surface area contributed by atoms with Crippen molar-refractivity contribution in [1.29, 1.82) is 0 Å². The zero-order valence-corrected chi connectivity index (χ0v) is 16.8. The summed E-state index contributed by atoms with van der Waals surface area (Å²) in [6.45, 7) is 7.86. The van der Waals surface area contributed by atoms with E-state index in [-0.39, 0.29) is 0 Å². The lowest BCUT2D eigenvalue weighted by Crippen LogP contribution is -2.23. The molecule has 0 unspecified atom stereocenters. The zero-order chi connectivity index (χ0) is 20.4. The highest BCUT2D eigenvalue weighted by Crippen LogP contribution is 2.25. The van der Waals surface area contributed by atoms with Crippen LogP contribution in [-0.4, -0.2) is 23.4 Å². The summed E-state index contributed by atoms with van der Waals surface area (Å²) in [7, 11) is 1.52. The lowest BCUT2D eigenvalue weighted by Gasteiger charge is -2.12. The van der Waals surface area contributed by atoms with E-state index in [0.717, 1.165) is 28.2 Å². The van der Waals surface area contributed by atoms with Crippen molar-refractivity contribution < 1.29 is 14.3 Å². The second-order valence-corrected chi connectivity index (χ2v) is 6.95. The van der Waals surface area contributed by atoms with Crippen LogP contribution in [0.5, 0.6) is 5.75 Å². The van der Waals surface area contributed by atoms with E-state index >= 15 is 0 Å². The Balaban J connectivity index is 1.94. The van der Waals surface area contributed by atoms with Gasteiger partial charge in [0.05, 0.1) is 12.8 Å². The molecule has 5 heteroatoms. The number of benzene rings is 2. The maximum Gasteiger partial charge on any atom is 0.296 e. The van der Waals surface area contributed by atoms with E-state index in [9.17, 15) is 9.59 Å². The topological polar surface area (TPSA) is 60.3 Å². The van der Waals surface area contributed by atoms with Gasteiger partial charge in [-0.15, -0.1) is 0 Å². The molecular formula is C23H24N2O3. The van der Waals surface area contributed by atoms with Crippen LogP contribution in [0.3, 0.4) is 0 Å². The average molecular weight is 376 g/mol. The number of amides is 1. The minimum Gasteiger partial charge on any atom is -0.495 e.